The van der Waals surface area contributed by atoms with E-state index in [1.807, 2.05) is 0 Å². The van der Waals surface area contributed by atoms with Gasteiger partial charge < -0.3 is 5.73 Å². The number of thiophene rings is 1. The Bertz CT molecular complexity index is 482. The molecular formula is C14H17NS. The molecule has 2 N–H and O–H groups in total. The zero-order valence-electron chi connectivity index (χ0n) is 9.95. The predicted molar refractivity (Wildman–Crippen MR) is 71.0 cm³/mol. The Labute approximate surface area is 101 Å². The highest BCUT2D eigenvalue weighted by Crippen LogP contribution is 2.30. The quantitative estimate of drug-likeness (QED) is 0.837. The Hall–Kier alpha value is -1.12. The van der Waals surface area contributed by atoms with Gasteiger partial charge in [-0.05, 0) is 38.0 Å². The van der Waals surface area contributed by atoms with Gasteiger partial charge in [-0.1, -0.05) is 29.8 Å². The lowest BCUT2D eigenvalue weighted by atomic mass is 10.0. The Morgan fingerprint density at radius 3 is 2.19 bits per heavy atom. The van der Waals surface area contributed by atoms with E-state index in [1.54, 1.807) is 11.3 Å². The summed E-state index contributed by atoms with van der Waals surface area (Å²) in [6.07, 6.45) is 0. The summed E-state index contributed by atoms with van der Waals surface area (Å²) < 4.78 is 0. The molecule has 1 nitrogen and oxygen atoms in total. The van der Waals surface area contributed by atoms with Crippen LogP contribution in [0.5, 0.6) is 0 Å². The van der Waals surface area contributed by atoms with Crippen LogP contribution in [-0.2, 0) is 0 Å². The SMILES string of the molecule is Cc1ccc(C(N)c2sc(C)cc2C)cc1. The molecule has 0 amide bonds. The van der Waals surface area contributed by atoms with Gasteiger partial charge >= 0.3 is 0 Å². The summed E-state index contributed by atoms with van der Waals surface area (Å²) in [5.41, 5.74) is 10.1. The number of nitrogens with two attached hydrogens (primary N) is 1. The van der Waals surface area contributed by atoms with Crippen molar-refractivity contribution in [3.8, 4) is 0 Å². The van der Waals surface area contributed by atoms with Crippen LogP contribution in [0.2, 0.25) is 0 Å². The van der Waals surface area contributed by atoms with Crippen molar-refractivity contribution in [2.24, 2.45) is 5.73 Å². The summed E-state index contributed by atoms with van der Waals surface area (Å²) in [5.74, 6) is 0. The number of hydrogen-bond acceptors (Lipinski definition) is 2. The van der Waals surface area contributed by atoms with Crippen LogP contribution in [0.25, 0.3) is 0 Å². The summed E-state index contributed by atoms with van der Waals surface area (Å²) in [7, 11) is 0. The van der Waals surface area contributed by atoms with Crippen molar-refractivity contribution in [2.45, 2.75) is 26.8 Å². The fourth-order valence-electron chi connectivity index (χ4n) is 1.89. The molecule has 0 saturated carbocycles. The van der Waals surface area contributed by atoms with Crippen LogP contribution in [0.3, 0.4) is 0 Å². The minimum absolute atomic E-state index is 0.0132. The number of aryl methyl sites for hydroxylation is 3. The molecule has 0 bridgehead atoms. The first kappa shape index (κ1) is 11.4. The third-order valence-electron chi connectivity index (χ3n) is 2.80. The zero-order chi connectivity index (χ0) is 11.7. The maximum Gasteiger partial charge on any atom is 0.0648 e. The molecule has 1 atom stereocenters. The van der Waals surface area contributed by atoms with Crippen LogP contribution in [0, 0.1) is 20.8 Å². The van der Waals surface area contributed by atoms with E-state index in [-0.39, 0.29) is 6.04 Å². The molecule has 1 aromatic heterocycles. The number of hydrogen-bond donors (Lipinski definition) is 1. The third kappa shape index (κ3) is 2.18. The predicted octanol–water partition coefficient (Wildman–Crippen LogP) is 3.72. The summed E-state index contributed by atoms with van der Waals surface area (Å²) in [6.45, 7) is 6.35. The van der Waals surface area contributed by atoms with Crippen LogP contribution in [0.4, 0.5) is 0 Å². The molecule has 0 radical (unpaired) electrons. The minimum Gasteiger partial charge on any atom is -0.320 e. The Balaban J connectivity index is 2.35. The summed E-state index contributed by atoms with van der Waals surface area (Å²) >= 11 is 1.80. The topological polar surface area (TPSA) is 26.0 Å². The summed E-state index contributed by atoms with van der Waals surface area (Å²) in [4.78, 5) is 2.61. The molecule has 0 aliphatic heterocycles. The van der Waals surface area contributed by atoms with Crippen molar-refractivity contribution in [3.63, 3.8) is 0 Å². The van der Waals surface area contributed by atoms with Gasteiger partial charge in [0.1, 0.15) is 0 Å². The molecule has 2 aromatic rings. The summed E-state index contributed by atoms with van der Waals surface area (Å²) in [5, 5.41) is 0. The molecule has 2 rings (SSSR count). The lowest BCUT2D eigenvalue weighted by Gasteiger charge is -2.11. The molecule has 84 valence electrons. The van der Waals surface area contributed by atoms with Crippen LogP contribution in [0.15, 0.2) is 30.3 Å². The van der Waals surface area contributed by atoms with Gasteiger partial charge in [0.25, 0.3) is 0 Å². The van der Waals surface area contributed by atoms with Gasteiger partial charge in [-0.2, -0.15) is 0 Å². The first-order valence-electron chi connectivity index (χ1n) is 5.47. The molecule has 0 fully saturated rings. The van der Waals surface area contributed by atoms with E-state index < -0.39 is 0 Å². The second-order valence-corrected chi connectivity index (χ2v) is 5.58. The van der Waals surface area contributed by atoms with Gasteiger partial charge in [-0.3, -0.25) is 0 Å². The van der Waals surface area contributed by atoms with E-state index in [9.17, 15) is 0 Å². The lowest BCUT2D eigenvalue weighted by Crippen LogP contribution is -2.11. The van der Waals surface area contributed by atoms with Gasteiger partial charge in [0.15, 0.2) is 0 Å². The maximum atomic E-state index is 6.29. The van der Waals surface area contributed by atoms with Crippen LogP contribution in [0.1, 0.15) is 32.5 Å². The lowest BCUT2D eigenvalue weighted by molar-refractivity contribution is 0.884. The van der Waals surface area contributed by atoms with Gasteiger partial charge in [0.05, 0.1) is 6.04 Å². The first-order chi connectivity index (χ1) is 7.58. The number of rotatable bonds is 2. The van der Waals surface area contributed by atoms with E-state index in [1.165, 1.54) is 26.4 Å². The van der Waals surface area contributed by atoms with Gasteiger partial charge in [0.2, 0.25) is 0 Å². The molecule has 1 aromatic carbocycles. The Morgan fingerprint density at radius 2 is 1.69 bits per heavy atom. The zero-order valence-corrected chi connectivity index (χ0v) is 10.8. The molecule has 0 aliphatic rings. The second-order valence-electron chi connectivity index (χ2n) is 4.29. The fourth-order valence-corrected chi connectivity index (χ4v) is 2.96. The van der Waals surface area contributed by atoms with Crippen LogP contribution in [-0.4, -0.2) is 0 Å². The highest BCUT2D eigenvalue weighted by atomic mass is 32.1. The van der Waals surface area contributed by atoms with Crippen molar-refractivity contribution in [1.82, 2.24) is 0 Å². The second kappa shape index (κ2) is 4.40. The maximum absolute atomic E-state index is 6.29. The van der Waals surface area contributed by atoms with E-state index in [4.69, 9.17) is 5.73 Å². The van der Waals surface area contributed by atoms with Crippen molar-refractivity contribution >= 4 is 11.3 Å². The van der Waals surface area contributed by atoms with Crippen LogP contribution >= 0.6 is 11.3 Å². The smallest absolute Gasteiger partial charge is 0.0648 e. The van der Waals surface area contributed by atoms with Gasteiger partial charge in [-0.15, -0.1) is 11.3 Å². The van der Waals surface area contributed by atoms with E-state index in [0.717, 1.165) is 0 Å². The fraction of sp³-hybridized carbons (Fsp3) is 0.286. The number of benzene rings is 1. The molecular weight excluding hydrogens is 214 g/mol. The minimum atomic E-state index is 0.0132. The Morgan fingerprint density at radius 1 is 1.06 bits per heavy atom. The first-order valence-corrected chi connectivity index (χ1v) is 6.28. The molecule has 1 unspecified atom stereocenters. The van der Waals surface area contributed by atoms with Crippen molar-refractivity contribution in [1.29, 1.82) is 0 Å². The Kier molecular flexibility index (Phi) is 3.13. The largest absolute Gasteiger partial charge is 0.320 e. The molecule has 0 spiro atoms. The van der Waals surface area contributed by atoms with E-state index >= 15 is 0 Å². The normalized spacial score (nSPS) is 12.8. The summed E-state index contributed by atoms with van der Waals surface area (Å²) in [6, 6.07) is 10.7. The van der Waals surface area contributed by atoms with E-state index in [2.05, 4.69) is 51.1 Å². The highest BCUT2D eigenvalue weighted by molar-refractivity contribution is 7.12. The van der Waals surface area contributed by atoms with Crippen molar-refractivity contribution in [2.75, 3.05) is 0 Å². The van der Waals surface area contributed by atoms with Crippen molar-refractivity contribution in [3.05, 3.63) is 56.8 Å². The standard InChI is InChI=1S/C14H17NS/c1-9-4-6-12(7-5-9)13(15)14-10(2)8-11(3)16-14/h4-8,13H,15H2,1-3H3. The highest BCUT2D eigenvalue weighted by Gasteiger charge is 2.13. The monoisotopic (exact) mass is 231 g/mol. The van der Waals surface area contributed by atoms with Gasteiger partial charge in [0, 0.05) is 9.75 Å². The molecule has 0 aliphatic carbocycles. The molecule has 2 heteroatoms. The van der Waals surface area contributed by atoms with Crippen LogP contribution < -0.4 is 5.73 Å². The van der Waals surface area contributed by atoms with E-state index in [0.29, 0.717) is 0 Å². The van der Waals surface area contributed by atoms with Gasteiger partial charge in [-0.25, -0.2) is 0 Å². The molecule has 0 saturated heterocycles. The average molecular weight is 231 g/mol. The van der Waals surface area contributed by atoms with Crippen molar-refractivity contribution < 1.29 is 0 Å². The molecule has 16 heavy (non-hydrogen) atoms. The average Bonchev–Trinajstić information content (AvgIpc) is 2.58. The molecule has 1 heterocycles. The third-order valence-corrected chi connectivity index (χ3v) is 4.03.